The number of carbonyl (C=O) groups is 1. The molecule has 0 bridgehead atoms. The quantitative estimate of drug-likeness (QED) is 0.633. The molecule has 16 heavy (non-hydrogen) atoms. The molecule has 0 aliphatic heterocycles. The molecule has 3 heterocycles. The lowest BCUT2D eigenvalue weighted by Gasteiger charge is -1.97. The van der Waals surface area contributed by atoms with Gasteiger partial charge in [0.15, 0.2) is 17.8 Å². The summed E-state index contributed by atoms with van der Waals surface area (Å²) in [5.41, 5.74) is 1.36. The van der Waals surface area contributed by atoms with Crippen LogP contribution in [0, 0.1) is 0 Å². The van der Waals surface area contributed by atoms with Gasteiger partial charge in [-0.2, -0.15) is 0 Å². The Morgan fingerprint density at radius 1 is 1.25 bits per heavy atom. The van der Waals surface area contributed by atoms with Crippen LogP contribution in [0.2, 0.25) is 0 Å². The summed E-state index contributed by atoms with van der Waals surface area (Å²) in [6.45, 7) is 0. The van der Waals surface area contributed by atoms with Gasteiger partial charge in [-0.25, -0.2) is 0 Å². The van der Waals surface area contributed by atoms with Gasteiger partial charge in [-0.05, 0) is 23.6 Å². The number of hydrogen-bond donors (Lipinski definition) is 0. The van der Waals surface area contributed by atoms with E-state index in [-0.39, 0.29) is 0 Å². The first-order valence-corrected chi connectivity index (χ1v) is 5.60. The zero-order chi connectivity index (χ0) is 11.0. The van der Waals surface area contributed by atoms with E-state index in [2.05, 4.69) is 10.2 Å². The summed E-state index contributed by atoms with van der Waals surface area (Å²) < 4.78 is 1.83. The minimum Gasteiger partial charge on any atom is -0.298 e. The van der Waals surface area contributed by atoms with E-state index in [1.165, 1.54) is 0 Å². The van der Waals surface area contributed by atoms with E-state index in [9.17, 15) is 4.79 Å². The highest BCUT2D eigenvalue weighted by molar-refractivity contribution is 7.13. The highest BCUT2D eigenvalue weighted by Crippen LogP contribution is 2.23. The summed E-state index contributed by atoms with van der Waals surface area (Å²) in [6, 6.07) is 7.46. The zero-order valence-electron chi connectivity index (χ0n) is 8.20. The van der Waals surface area contributed by atoms with Crippen LogP contribution in [-0.4, -0.2) is 20.9 Å². The number of aldehydes is 1. The summed E-state index contributed by atoms with van der Waals surface area (Å²) in [7, 11) is 0. The molecule has 5 heteroatoms. The third kappa shape index (κ3) is 1.33. The predicted octanol–water partition coefficient (Wildman–Crippen LogP) is 2.27. The van der Waals surface area contributed by atoms with Gasteiger partial charge in [0.2, 0.25) is 0 Å². The summed E-state index contributed by atoms with van der Waals surface area (Å²) in [4.78, 5) is 11.8. The molecule has 4 nitrogen and oxygen atoms in total. The summed E-state index contributed by atoms with van der Waals surface area (Å²) >= 11 is 1.60. The summed E-state index contributed by atoms with van der Waals surface area (Å²) in [5.74, 6) is 0.772. The second kappa shape index (κ2) is 3.53. The lowest BCUT2D eigenvalue weighted by atomic mass is 10.3. The zero-order valence-corrected chi connectivity index (χ0v) is 9.02. The number of pyridine rings is 1. The Kier molecular flexibility index (Phi) is 2.04. The number of carbonyl (C=O) groups excluding carboxylic acids is 1. The predicted molar refractivity (Wildman–Crippen MR) is 61.7 cm³/mol. The normalized spacial score (nSPS) is 10.8. The molecule has 0 aliphatic carbocycles. The Balaban J connectivity index is 2.29. The van der Waals surface area contributed by atoms with Crippen LogP contribution in [0.1, 0.15) is 10.4 Å². The molecule has 3 aromatic heterocycles. The minimum absolute atomic E-state index is 0.616. The van der Waals surface area contributed by atoms with Crippen LogP contribution >= 0.6 is 11.3 Å². The Morgan fingerprint density at radius 2 is 2.19 bits per heavy atom. The van der Waals surface area contributed by atoms with Crippen LogP contribution in [0.3, 0.4) is 0 Å². The van der Waals surface area contributed by atoms with Gasteiger partial charge in [-0.15, -0.1) is 21.5 Å². The van der Waals surface area contributed by atoms with E-state index < -0.39 is 0 Å². The maximum absolute atomic E-state index is 10.7. The van der Waals surface area contributed by atoms with Crippen LogP contribution in [0.4, 0.5) is 0 Å². The molecule has 0 atom stereocenters. The van der Waals surface area contributed by atoms with Gasteiger partial charge >= 0.3 is 0 Å². The Morgan fingerprint density at radius 3 is 2.94 bits per heavy atom. The SMILES string of the molecule is O=Cc1ccc2nnc(-c3cccs3)n2c1. The lowest BCUT2D eigenvalue weighted by molar-refractivity contribution is 0.112. The molecule has 0 N–H and O–H groups in total. The van der Waals surface area contributed by atoms with Gasteiger partial charge in [0.25, 0.3) is 0 Å². The highest BCUT2D eigenvalue weighted by atomic mass is 32.1. The second-order valence-corrected chi connectivity index (χ2v) is 4.26. The van der Waals surface area contributed by atoms with Gasteiger partial charge in [0.1, 0.15) is 0 Å². The Labute approximate surface area is 95.2 Å². The third-order valence-corrected chi connectivity index (χ3v) is 3.17. The van der Waals surface area contributed by atoms with Crippen molar-refractivity contribution in [1.82, 2.24) is 14.6 Å². The van der Waals surface area contributed by atoms with E-state index >= 15 is 0 Å². The average Bonchev–Trinajstić information content (AvgIpc) is 2.96. The van der Waals surface area contributed by atoms with Gasteiger partial charge in [0, 0.05) is 11.8 Å². The lowest BCUT2D eigenvalue weighted by Crippen LogP contribution is -1.90. The molecule has 0 unspecified atom stereocenters. The van der Waals surface area contributed by atoms with Crippen molar-refractivity contribution in [2.75, 3.05) is 0 Å². The summed E-state index contributed by atoms with van der Waals surface area (Å²) in [5, 5.41) is 10.2. The van der Waals surface area contributed by atoms with Gasteiger partial charge < -0.3 is 0 Å². The van der Waals surface area contributed by atoms with Crippen molar-refractivity contribution in [3.8, 4) is 10.7 Å². The smallest absolute Gasteiger partial charge is 0.178 e. The third-order valence-electron chi connectivity index (χ3n) is 2.30. The fourth-order valence-corrected chi connectivity index (χ4v) is 2.26. The molecule has 0 saturated carbocycles. The van der Waals surface area contributed by atoms with Gasteiger partial charge in [-0.1, -0.05) is 6.07 Å². The van der Waals surface area contributed by atoms with Gasteiger partial charge in [0.05, 0.1) is 4.88 Å². The first-order chi connectivity index (χ1) is 7.88. The molecule has 3 aromatic rings. The van der Waals surface area contributed by atoms with Crippen molar-refractivity contribution in [2.24, 2.45) is 0 Å². The van der Waals surface area contributed by atoms with Crippen molar-refractivity contribution in [3.63, 3.8) is 0 Å². The van der Waals surface area contributed by atoms with E-state index in [4.69, 9.17) is 0 Å². The number of thiophene rings is 1. The van der Waals surface area contributed by atoms with Gasteiger partial charge in [-0.3, -0.25) is 9.20 Å². The van der Waals surface area contributed by atoms with Crippen molar-refractivity contribution in [2.45, 2.75) is 0 Å². The fraction of sp³-hybridized carbons (Fsp3) is 0. The van der Waals surface area contributed by atoms with Crippen LogP contribution in [0.5, 0.6) is 0 Å². The number of rotatable bonds is 2. The maximum Gasteiger partial charge on any atom is 0.178 e. The standard InChI is InChI=1S/C11H7N3OS/c15-7-8-3-4-10-12-13-11(14(10)6-8)9-2-1-5-16-9/h1-7H. The topological polar surface area (TPSA) is 47.3 Å². The number of nitrogens with zero attached hydrogens (tertiary/aromatic N) is 3. The van der Waals surface area contributed by atoms with Crippen LogP contribution in [-0.2, 0) is 0 Å². The number of aromatic nitrogens is 3. The van der Waals surface area contributed by atoms with Crippen molar-refractivity contribution >= 4 is 23.3 Å². The Bertz CT molecular complexity index is 642. The monoisotopic (exact) mass is 229 g/mol. The van der Waals surface area contributed by atoms with Crippen molar-refractivity contribution in [3.05, 3.63) is 41.4 Å². The molecule has 0 saturated heterocycles. The molecule has 0 amide bonds. The molecule has 0 radical (unpaired) electrons. The molecule has 3 rings (SSSR count). The first kappa shape index (κ1) is 9.23. The van der Waals surface area contributed by atoms with Crippen molar-refractivity contribution in [1.29, 1.82) is 0 Å². The van der Waals surface area contributed by atoms with E-state index in [1.54, 1.807) is 29.7 Å². The molecular formula is C11H7N3OS. The van der Waals surface area contributed by atoms with Crippen LogP contribution in [0.15, 0.2) is 35.8 Å². The fourth-order valence-electron chi connectivity index (χ4n) is 1.55. The van der Waals surface area contributed by atoms with Crippen molar-refractivity contribution < 1.29 is 4.79 Å². The Hall–Kier alpha value is -2.01. The molecule has 78 valence electrons. The molecular weight excluding hydrogens is 222 g/mol. The molecule has 0 spiro atoms. The number of hydrogen-bond acceptors (Lipinski definition) is 4. The molecule has 0 fully saturated rings. The van der Waals surface area contributed by atoms with E-state index in [0.717, 1.165) is 22.6 Å². The first-order valence-electron chi connectivity index (χ1n) is 4.72. The highest BCUT2D eigenvalue weighted by Gasteiger charge is 2.08. The maximum atomic E-state index is 10.7. The largest absolute Gasteiger partial charge is 0.298 e. The van der Waals surface area contributed by atoms with E-state index in [1.807, 2.05) is 21.9 Å². The molecule has 0 aromatic carbocycles. The second-order valence-electron chi connectivity index (χ2n) is 3.31. The van der Waals surface area contributed by atoms with Crippen LogP contribution in [0.25, 0.3) is 16.3 Å². The average molecular weight is 229 g/mol. The van der Waals surface area contributed by atoms with Crippen LogP contribution < -0.4 is 0 Å². The summed E-state index contributed by atoms with van der Waals surface area (Å²) in [6.07, 6.45) is 2.56. The number of fused-ring (bicyclic) bond motifs is 1. The minimum atomic E-state index is 0.616. The molecule has 0 aliphatic rings. The van der Waals surface area contributed by atoms with E-state index in [0.29, 0.717) is 5.56 Å².